The van der Waals surface area contributed by atoms with E-state index in [9.17, 15) is 13.2 Å². The molecule has 0 radical (unpaired) electrons. The lowest BCUT2D eigenvalue weighted by Crippen LogP contribution is -2.29. The Morgan fingerprint density at radius 2 is 1.86 bits per heavy atom. The first-order valence-corrected chi connectivity index (χ1v) is 7.79. The molecule has 1 unspecified atom stereocenters. The van der Waals surface area contributed by atoms with E-state index in [0.717, 1.165) is 37.3 Å². The van der Waals surface area contributed by atoms with Crippen LogP contribution in [0, 0.1) is 5.92 Å². The zero-order chi connectivity index (χ0) is 15.3. The minimum absolute atomic E-state index is 0.0652. The summed E-state index contributed by atoms with van der Waals surface area (Å²) in [6, 6.07) is 2.74. The molecule has 1 aromatic rings. The van der Waals surface area contributed by atoms with E-state index in [1.807, 2.05) is 6.92 Å². The lowest BCUT2D eigenvalue weighted by molar-refractivity contribution is -0.137. The van der Waals surface area contributed by atoms with Crippen LogP contribution < -0.4 is 5.32 Å². The summed E-state index contributed by atoms with van der Waals surface area (Å²) in [4.78, 5) is 4.09. The van der Waals surface area contributed by atoms with Crippen molar-refractivity contribution in [2.75, 3.05) is 6.54 Å². The van der Waals surface area contributed by atoms with Gasteiger partial charge >= 0.3 is 6.18 Å². The molecule has 2 nitrogen and oxygen atoms in total. The molecule has 1 aliphatic carbocycles. The predicted molar refractivity (Wildman–Crippen MR) is 76.8 cm³/mol. The molecule has 0 aliphatic heterocycles. The average Bonchev–Trinajstić information content (AvgIpc) is 2.73. The van der Waals surface area contributed by atoms with Gasteiger partial charge in [0.1, 0.15) is 0 Å². The fourth-order valence-electron chi connectivity index (χ4n) is 3.13. The van der Waals surface area contributed by atoms with Crippen molar-refractivity contribution in [3.8, 4) is 0 Å². The van der Waals surface area contributed by atoms with Crippen LogP contribution in [0.2, 0.25) is 0 Å². The van der Waals surface area contributed by atoms with E-state index in [4.69, 9.17) is 0 Å². The lowest BCUT2D eigenvalue weighted by atomic mass is 9.89. The molecule has 0 amide bonds. The molecule has 1 fully saturated rings. The van der Waals surface area contributed by atoms with Crippen LogP contribution in [0.1, 0.15) is 62.7 Å². The fourth-order valence-corrected chi connectivity index (χ4v) is 3.13. The molecule has 118 valence electrons. The van der Waals surface area contributed by atoms with Crippen LogP contribution in [0.3, 0.4) is 0 Å². The molecule has 1 aliphatic rings. The number of alkyl halides is 3. The molecule has 1 atom stereocenters. The zero-order valence-corrected chi connectivity index (χ0v) is 12.4. The second kappa shape index (κ2) is 7.25. The number of hydrogen-bond acceptors (Lipinski definition) is 2. The quantitative estimate of drug-likeness (QED) is 0.814. The first kappa shape index (κ1) is 16.3. The molecule has 1 saturated carbocycles. The monoisotopic (exact) mass is 300 g/mol. The Labute approximate surface area is 124 Å². The van der Waals surface area contributed by atoms with Gasteiger partial charge in [-0.05, 0) is 37.4 Å². The highest BCUT2D eigenvalue weighted by atomic mass is 19.4. The fraction of sp³-hybridized carbons (Fsp3) is 0.688. The molecule has 1 heterocycles. The minimum atomic E-state index is -4.32. The van der Waals surface area contributed by atoms with Gasteiger partial charge in [0.05, 0.1) is 17.3 Å². The Kier molecular flexibility index (Phi) is 5.62. The van der Waals surface area contributed by atoms with E-state index in [0.29, 0.717) is 5.92 Å². The molecule has 1 N–H and O–H groups in total. The molecule has 0 aromatic carbocycles. The Morgan fingerprint density at radius 1 is 1.19 bits per heavy atom. The highest BCUT2D eigenvalue weighted by Gasteiger charge is 2.31. The van der Waals surface area contributed by atoms with Crippen molar-refractivity contribution in [2.45, 2.75) is 57.7 Å². The maximum absolute atomic E-state index is 12.6. The van der Waals surface area contributed by atoms with E-state index in [2.05, 4.69) is 10.3 Å². The molecule has 0 spiro atoms. The number of pyridine rings is 1. The van der Waals surface area contributed by atoms with Gasteiger partial charge in [0.2, 0.25) is 0 Å². The van der Waals surface area contributed by atoms with Crippen molar-refractivity contribution in [1.29, 1.82) is 0 Å². The largest absolute Gasteiger partial charge is 0.417 e. The number of nitrogens with zero attached hydrogens (tertiary/aromatic N) is 1. The molecule has 1 aromatic heterocycles. The third-order valence-corrected chi connectivity index (χ3v) is 4.23. The van der Waals surface area contributed by atoms with Gasteiger partial charge in [-0.25, -0.2) is 0 Å². The summed E-state index contributed by atoms with van der Waals surface area (Å²) in [5.41, 5.74) is 0.0547. The second-order valence-corrected chi connectivity index (χ2v) is 5.76. The summed E-state index contributed by atoms with van der Waals surface area (Å²) < 4.78 is 37.9. The Hall–Kier alpha value is -1.10. The molecular weight excluding hydrogens is 277 g/mol. The first-order chi connectivity index (χ1) is 10.0. The van der Waals surface area contributed by atoms with Gasteiger partial charge < -0.3 is 5.32 Å². The molecular formula is C16H23F3N2. The molecule has 0 saturated heterocycles. The van der Waals surface area contributed by atoms with Gasteiger partial charge in [-0.3, -0.25) is 4.98 Å². The van der Waals surface area contributed by atoms with E-state index in [1.165, 1.54) is 31.7 Å². The number of rotatable bonds is 4. The lowest BCUT2D eigenvalue weighted by Gasteiger charge is -2.26. The van der Waals surface area contributed by atoms with Crippen molar-refractivity contribution in [3.05, 3.63) is 29.6 Å². The summed E-state index contributed by atoms with van der Waals surface area (Å²) in [7, 11) is 0. The van der Waals surface area contributed by atoms with Crippen molar-refractivity contribution in [2.24, 2.45) is 5.92 Å². The second-order valence-electron chi connectivity index (χ2n) is 5.76. The van der Waals surface area contributed by atoms with Gasteiger partial charge in [0, 0.05) is 6.20 Å². The third-order valence-electron chi connectivity index (χ3n) is 4.23. The van der Waals surface area contributed by atoms with Gasteiger partial charge in [0.15, 0.2) is 0 Å². The summed E-state index contributed by atoms with van der Waals surface area (Å²) in [5.74, 6) is 0.469. The van der Waals surface area contributed by atoms with Gasteiger partial charge in [-0.15, -0.1) is 0 Å². The van der Waals surface area contributed by atoms with Gasteiger partial charge in [-0.2, -0.15) is 13.2 Å². The highest BCUT2D eigenvalue weighted by molar-refractivity contribution is 5.19. The topological polar surface area (TPSA) is 24.9 Å². The molecule has 5 heteroatoms. The first-order valence-electron chi connectivity index (χ1n) is 7.79. The van der Waals surface area contributed by atoms with E-state index < -0.39 is 11.7 Å². The van der Waals surface area contributed by atoms with Crippen LogP contribution in [0.15, 0.2) is 18.3 Å². The van der Waals surface area contributed by atoms with E-state index in [1.54, 1.807) is 0 Å². The summed E-state index contributed by atoms with van der Waals surface area (Å²) in [5, 5.41) is 3.41. The van der Waals surface area contributed by atoms with Crippen LogP contribution in [0.25, 0.3) is 0 Å². The predicted octanol–water partition coefficient (Wildman–Crippen LogP) is 4.72. The van der Waals surface area contributed by atoms with Crippen molar-refractivity contribution >= 4 is 0 Å². The minimum Gasteiger partial charge on any atom is -0.309 e. The van der Waals surface area contributed by atoms with Crippen molar-refractivity contribution in [1.82, 2.24) is 10.3 Å². The van der Waals surface area contributed by atoms with Crippen LogP contribution in [-0.2, 0) is 6.18 Å². The SMILES string of the molecule is CCNC(c1ccc(C(F)(F)F)cn1)C1CCCCCC1. The number of nitrogens with one attached hydrogen (secondary N) is 1. The highest BCUT2D eigenvalue weighted by Crippen LogP contribution is 2.34. The van der Waals surface area contributed by atoms with E-state index in [-0.39, 0.29) is 6.04 Å². The standard InChI is InChI=1S/C16H23F3N2/c1-2-20-15(12-7-5-3-4-6-8-12)14-10-9-13(11-21-14)16(17,18)19/h9-12,15,20H,2-8H2,1H3. The van der Waals surface area contributed by atoms with E-state index >= 15 is 0 Å². The Balaban J connectivity index is 2.17. The van der Waals surface area contributed by atoms with Crippen LogP contribution in [0.4, 0.5) is 13.2 Å². The molecule has 2 rings (SSSR count). The van der Waals surface area contributed by atoms with Crippen LogP contribution in [-0.4, -0.2) is 11.5 Å². The molecule has 21 heavy (non-hydrogen) atoms. The maximum Gasteiger partial charge on any atom is 0.417 e. The van der Waals surface area contributed by atoms with Gasteiger partial charge in [-0.1, -0.05) is 32.6 Å². The van der Waals surface area contributed by atoms with Crippen LogP contribution >= 0.6 is 0 Å². The third kappa shape index (κ3) is 4.43. The summed E-state index contributed by atoms with van der Waals surface area (Å²) in [6.07, 6.45) is 3.81. The number of halogens is 3. The molecule has 0 bridgehead atoms. The average molecular weight is 300 g/mol. The smallest absolute Gasteiger partial charge is 0.309 e. The maximum atomic E-state index is 12.6. The number of hydrogen-bond donors (Lipinski definition) is 1. The number of aromatic nitrogens is 1. The van der Waals surface area contributed by atoms with Crippen molar-refractivity contribution < 1.29 is 13.2 Å². The zero-order valence-electron chi connectivity index (χ0n) is 12.4. The Bertz CT molecular complexity index is 420. The normalized spacial score (nSPS) is 19.2. The van der Waals surface area contributed by atoms with Gasteiger partial charge in [0.25, 0.3) is 0 Å². The summed E-state index contributed by atoms with van der Waals surface area (Å²) in [6.45, 7) is 2.82. The Morgan fingerprint density at radius 3 is 2.33 bits per heavy atom. The summed E-state index contributed by atoms with van der Waals surface area (Å²) >= 11 is 0. The van der Waals surface area contributed by atoms with Crippen LogP contribution in [0.5, 0.6) is 0 Å². The van der Waals surface area contributed by atoms with Crippen molar-refractivity contribution in [3.63, 3.8) is 0 Å².